The molecule has 12 heavy (non-hydrogen) atoms. The van der Waals surface area contributed by atoms with E-state index in [2.05, 4.69) is 0 Å². The Labute approximate surface area is 67.6 Å². The number of rotatable bonds is 1. The molecule has 1 rings (SSSR count). The summed E-state index contributed by atoms with van der Waals surface area (Å²) < 4.78 is 25.3. The molecule has 0 atom stereocenters. The molecule has 0 N–H and O–H groups in total. The van der Waals surface area contributed by atoms with Gasteiger partial charge in [0.15, 0.2) is 5.82 Å². The second-order valence-corrected chi connectivity index (χ2v) is 2.06. The van der Waals surface area contributed by atoms with E-state index in [0.717, 1.165) is 12.1 Å². The van der Waals surface area contributed by atoms with Crippen molar-refractivity contribution >= 4 is 19.0 Å². The quantitative estimate of drug-likeness (QED) is 0.352. The Bertz CT molecular complexity index is 343. The van der Waals surface area contributed by atoms with Crippen LogP contribution in [-0.2, 0) is 0 Å². The summed E-state index contributed by atoms with van der Waals surface area (Å²) in [6, 6.07) is 1.67. The van der Waals surface area contributed by atoms with E-state index in [1.165, 1.54) is 0 Å². The first kappa shape index (κ1) is 8.64. The van der Waals surface area contributed by atoms with E-state index in [1.807, 2.05) is 0 Å². The van der Waals surface area contributed by atoms with Crippen molar-refractivity contribution in [2.75, 3.05) is 0 Å². The van der Waals surface area contributed by atoms with E-state index in [-0.39, 0.29) is 0 Å². The normalized spacial score (nSPS) is 9.83. The Morgan fingerprint density at radius 1 is 1.42 bits per heavy atom. The van der Waals surface area contributed by atoms with E-state index < -0.39 is 27.7 Å². The zero-order valence-electron chi connectivity index (χ0n) is 5.75. The van der Waals surface area contributed by atoms with Gasteiger partial charge in [0.1, 0.15) is 7.85 Å². The Balaban J connectivity index is 3.43. The van der Waals surface area contributed by atoms with Crippen LogP contribution < -0.4 is 5.46 Å². The molecule has 60 valence electrons. The van der Waals surface area contributed by atoms with Crippen LogP contribution in [0.5, 0.6) is 0 Å². The fourth-order valence-corrected chi connectivity index (χ4v) is 0.724. The third-order valence-electron chi connectivity index (χ3n) is 1.28. The van der Waals surface area contributed by atoms with Crippen molar-refractivity contribution in [3.05, 3.63) is 33.9 Å². The molecule has 0 aliphatic carbocycles. The van der Waals surface area contributed by atoms with E-state index in [0.29, 0.717) is 0 Å². The number of nitro groups is 1. The lowest BCUT2D eigenvalue weighted by Crippen LogP contribution is -2.12. The van der Waals surface area contributed by atoms with Gasteiger partial charge in [-0.3, -0.25) is 10.1 Å². The van der Waals surface area contributed by atoms with Crippen molar-refractivity contribution in [1.29, 1.82) is 0 Å². The maximum atomic E-state index is 12.7. The zero-order valence-corrected chi connectivity index (χ0v) is 5.75. The van der Waals surface area contributed by atoms with Gasteiger partial charge in [0, 0.05) is 0 Å². The van der Waals surface area contributed by atoms with E-state index >= 15 is 0 Å². The minimum Gasteiger partial charge on any atom is -0.258 e. The maximum Gasteiger partial charge on any atom is 0.339 e. The minimum atomic E-state index is -1.33. The summed E-state index contributed by atoms with van der Waals surface area (Å²) in [4.78, 5) is 8.91. The highest BCUT2D eigenvalue weighted by molar-refractivity contribution is 6.32. The first-order chi connectivity index (χ1) is 5.54. The van der Waals surface area contributed by atoms with Crippen LogP contribution in [-0.4, -0.2) is 12.8 Å². The van der Waals surface area contributed by atoms with Gasteiger partial charge in [0.05, 0.1) is 4.92 Å². The molecule has 0 unspecified atom stereocenters. The van der Waals surface area contributed by atoms with Gasteiger partial charge in [-0.05, 0) is 6.07 Å². The molecular weight excluding hydrogens is 167 g/mol. The Kier molecular flexibility index (Phi) is 2.08. The molecule has 1 aromatic carbocycles. The van der Waals surface area contributed by atoms with Crippen LogP contribution in [0.1, 0.15) is 0 Å². The summed E-state index contributed by atoms with van der Waals surface area (Å²) in [6.07, 6.45) is 0. The first-order valence-corrected chi connectivity index (χ1v) is 2.92. The number of nitro benzene ring substituents is 1. The van der Waals surface area contributed by atoms with Gasteiger partial charge in [0.2, 0.25) is 5.82 Å². The highest BCUT2D eigenvalue weighted by atomic mass is 19.1. The number of benzene rings is 1. The maximum absolute atomic E-state index is 12.7. The molecule has 0 aromatic heterocycles. The smallest absolute Gasteiger partial charge is 0.258 e. The molecule has 0 heterocycles. The van der Waals surface area contributed by atoms with Crippen LogP contribution in [0.3, 0.4) is 0 Å². The van der Waals surface area contributed by atoms with E-state index in [4.69, 9.17) is 7.85 Å². The molecule has 0 saturated heterocycles. The summed E-state index contributed by atoms with van der Waals surface area (Å²) >= 11 is 0. The van der Waals surface area contributed by atoms with Crippen molar-refractivity contribution < 1.29 is 13.7 Å². The van der Waals surface area contributed by atoms with Crippen LogP contribution in [0.25, 0.3) is 0 Å². The molecule has 0 spiro atoms. The summed E-state index contributed by atoms with van der Waals surface area (Å²) in [6.45, 7) is 0. The molecule has 0 amide bonds. The molecule has 0 saturated carbocycles. The number of halogens is 2. The topological polar surface area (TPSA) is 43.1 Å². The third-order valence-corrected chi connectivity index (χ3v) is 1.28. The zero-order chi connectivity index (χ0) is 9.30. The number of hydrogen-bond donors (Lipinski definition) is 0. The van der Waals surface area contributed by atoms with Crippen LogP contribution in [0.4, 0.5) is 14.5 Å². The third kappa shape index (κ3) is 1.27. The summed E-state index contributed by atoms with van der Waals surface area (Å²) in [5.74, 6) is -2.56. The fourth-order valence-electron chi connectivity index (χ4n) is 0.724. The van der Waals surface area contributed by atoms with Crippen LogP contribution >= 0.6 is 0 Å². The van der Waals surface area contributed by atoms with Gasteiger partial charge in [-0.1, -0.05) is 11.5 Å². The summed E-state index contributed by atoms with van der Waals surface area (Å²) in [5.41, 5.74) is -1.65. The second-order valence-electron chi connectivity index (χ2n) is 2.06. The van der Waals surface area contributed by atoms with E-state index in [9.17, 15) is 18.9 Å². The average Bonchev–Trinajstić information content (AvgIpc) is 1.97. The second kappa shape index (κ2) is 2.88. The van der Waals surface area contributed by atoms with Crippen molar-refractivity contribution in [1.82, 2.24) is 0 Å². The minimum absolute atomic E-state index is 0.442. The predicted molar refractivity (Wildman–Crippen MR) is 38.4 cm³/mol. The van der Waals surface area contributed by atoms with Gasteiger partial charge in [-0.2, -0.15) is 8.78 Å². The van der Waals surface area contributed by atoms with Crippen molar-refractivity contribution in [2.24, 2.45) is 0 Å². The Hall–Kier alpha value is -1.46. The number of hydrogen-bond acceptors (Lipinski definition) is 2. The largest absolute Gasteiger partial charge is 0.339 e. The predicted octanol–water partition coefficient (Wildman–Crippen LogP) is 0.667. The molecular formula is C6H2BF2NO2. The SMILES string of the molecule is [B]c1ccc(F)c([N+](=O)[O-])c1F. The molecule has 0 bridgehead atoms. The molecule has 3 nitrogen and oxygen atoms in total. The molecule has 0 fully saturated rings. The fraction of sp³-hybridized carbons (Fsp3) is 0. The lowest BCUT2D eigenvalue weighted by atomic mass is 9.95. The van der Waals surface area contributed by atoms with Crippen molar-refractivity contribution in [3.63, 3.8) is 0 Å². The van der Waals surface area contributed by atoms with Crippen molar-refractivity contribution in [3.8, 4) is 0 Å². The van der Waals surface area contributed by atoms with Crippen LogP contribution in [0, 0.1) is 21.7 Å². The van der Waals surface area contributed by atoms with Gasteiger partial charge in [-0.25, -0.2) is 0 Å². The molecule has 0 aliphatic rings. The lowest BCUT2D eigenvalue weighted by Gasteiger charge is -1.97. The molecule has 1 aromatic rings. The molecule has 0 aliphatic heterocycles. The highest BCUT2D eigenvalue weighted by Crippen LogP contribution is 2.18. The first-order valence-electron chi connectivity index (χ1n) is 2.92. The lowest BCUT2D eigenvalue weighted by molar-refractivity contribution is -0.390. The van der Waals surface area contributed by atoms with Crippen LogP contribution in [0.2, 0.25) is 0 Å². The Morgan fingerprint density at radius 3 is 2.42 bits per heavy atom. The molecule has 2 radical (unpaired) electrons. The van der Waals surface area contributed by atoms with Gasteiger partial charge in [-0.15, -0.1) is 0 Å². The Morgan fingerprint density at radius 2 is 2.00 bits per heavy atom. The van der Waals surface area contributed by atoms with Gasteiger partial charge < -0.3 is 0 Å². The van der Waals surface area contributed by atoms with Crippen LogP contribution in [0.15, 0.2) is 12.1 Å². The number of nitrogens with zero attached hydrogens (tertiary/aromatic N) is 1. The van der Waals surface area contributed by atoms with Crippen molar-refractivity contribution in [2.45, 2.75) is 0 Å². The highest BCUT2D eigenvalue weighted by Gasteiger charge is 2.21. The van der Waals surface area contributed by atoms with Gasteiger partial charge in [0.25, 0.3) is 0 Å². The van der Waals surface area contributed by atoms with Gasteiger partial charge >= 0.3 is 5.69 Å². The summed E-state index contributed by atoms with van der Waals surface area (Å²) in [5, 5.41) is 10.1. The average molecular weight is 169 g/mol. The molecule has 6 heteroatoms. The van der Waals surface area contributed by atoms with E-state index in [1.54, 1.807) is 0 Å². The summed E-state index contributed by atoms with van der Waals surface area (Å²) in [7, 11) is 4.98. The standard InChI is InChI=1S/C6H2BF2NO2/c7-3-1-2-4(8)6(5(3)9)10(11)12/h1-2H. The monoisotopic (exact) mass is 169 g/mol.